The van der Waals surface area contributed by atoms with E-state index in [0.29, 0.717) is 12.5 Å². The van der Waals surface area contributed by atoms with Crippen LogP contribution in [0.25, 0.3) is 21.9 Å². The minimum Gasteiger partial charge on any atom is -0.360 e. The molecule has 3 aromatic heterocycles. The van der Waals surface area contributed by atoms with Crippen LogP contribution >= 0.6 is 0 Å². The van der Waals surface area contributed by atoms with Crippen LogP contribution in [0, 0.1) is 17.2 Å². The van der Waals surface area contributed by atoms with Gasteiger partial charge in [0.05, 0.1) is 17.8 Å². The summed E-state index contributed by atoms with van der Waals surface area (Å²) in [7, 11) is 0. The Morgan fingerprint density at radius 3 is 3.12 bits per heavy atom. The SMILES string of the molecule is CC1CCN(C(=O)CC#N)CC1c1cnc2ncc3[nH]cccc3c12. The monoisotopic (exact) mass is 333 g/mol. The van der Waals surface area contributed by atoms with Crippen LogP contribution in [0.2, 0.25) is 0 Å². The van der Waals surface area contributed by atoms with Gasteiger partial charge in [0, 0.05) is 42.2 Å². The first-order valence-corrected chi connectivity index (χ1v) is 8.54. The van der Waals surface area contributed by atoms with E-state index in [9.17, 15) is 4.79 Å². The van der Waals surface area contributed by atoms with E-state index in [1.54, 1.807) is 0 Å². The van der Waals surface area contributed by atoms with E-state index in [-0.39, 0.29) is 18.2 Å². The second kappa shape index (κ2) is 6.17. The summed E-state index contributed by atoms with van der Waals surface area (Å²) in [4.78, 5) is 26.2. The Bertz CT molecular complexity index is 986. The first-order chi connectivity index (χ1) is 12.2. The number of amides is 1. The number of aromatic nitrogens is 3. The quantitative estimate of drug-likeness (QED) is 0.781. The minimum absolute atomic E-state index is 0.0550. The Hall–Kier alpha value is -2.94. The highest BCUT2D eigenvalue weighted by atomic mass is 16.2. The number of H-pyrrole nitrogens is 1. The maximum Gasteiger partial charge on any atom is 0.236 e. The van der Waals surface area contributed by atoms with Gasteiger partial charge in [-0.3, -0.25) is 4.79 Å². The molecule has 126 valence electrons. The number of likely N-dealkylation sites (tertiary alicyclic amines) is 1. The number of carbonyl (C=O) groups is 1. The zero-order valence-corrected chi connectivity index (χ0v) is 14.1. The molecule has 1 fully saturated rings. The molecule has 4 heterocycles. The third-order valence-electron chi connectivity index (χ3n) is 5.25. The lowest BCUT2D eigenvalue weighted by Gasteiger charge is -2.37. The number of rotatable bonds is 2. The Kier molecular flexibility index (Phi) is 3.85. The summed E-state index contributed by atoms with van der Waals surface area (Å²) in [6.07, 6.45) is 6.47. The topological polar surface area (TPSA) is 85.7 Å². The lowest BCUT2D eigenvalue weighted by Crippen LogP contribution is -2.41. The maximum absolute atomic E-state index is 12.2. The van der Waals surface area contributed by atoms with Crippen LogP contribution in [-0.2, 0) is 4.79 Å². The molecule has 0 aliphatic carbocycles. The molecule has 4 rings (SSSR count). The normalized spacial score (nSPS) is 20.7. The number of pyridine rings is 2. The van der Waals surface area contributed by atoms with Gasteiger partial charge in [-0.15, -0.1) is 0 Å². The molecule has 0 radical (unpaired) electrons. The van der Waals surface area contributed by atoms with Gasteiger partial charge in [0.1, 0.15) is 6.42 Å². The van der Waals surface area contributed by atoms with Crippen LogP contribution in [0.4, 0.5) is 0 Å². The number of nitrogens with zero attached hydrogens (tertiary/aromatic N) is 4. The minimum atomic E-state index is -0.0838. The summed E-state index contributed by atoms with van der Waals surface area (Å²) in [6, 6.07) is 6.02. The van der Waals surface area contributed by atoms with Gasteiger partial charge in [0.2, 0.25) is 5.91 Å². The third kappa shape index (κ3) is 2.62. The van der Waals surface area contributed by atoms with Crippen molar-refractivity contribution in [3.8, 4) is 6.07 Å². The van der Waals surface area contributed by atoms with Gasteiger partial charge in [-0.25, -0.2) is 9.97 Å². The molecule has 1 aliphatic rings. The number of aromatic amines is 1. The zero-order chi connectivity index (χ0) is 17.4. The molecule has 6 heteroatoms. The van der Waals surface area contributed by atoms with Crippen molar-refractivity contribution < 1.29 is 4.79 Å². The molecule has 2 atom stereocenters. The van der Waals surface area contributed by atoms with Gasteiger partial charge in [-0.05, 0) is 24.0 Å². The van der Waals surface area contributed by atoms with Gasteiger partial charge in [0.25, 0.3) is 0 Å². The van der Waals surface area contributed by atoms with E-state index in [1.165, 1.54) is 0 Å². The first kappa shape index (κ1) is 15.6. The van der Waals surface area contributed by atoms with E-state index >= 15 is 0 Å². The Morgan fingerprint density at radius 1 is 1.44 bits per heavy atom. The molecule has 0 saturated carbocycles. The number of piperidine rings is 1. The molecular formula is C19H19N5O. The fourth-order valence-corrected chi connectivity index (χ4v) is 3.82. The molecule has 25 heavy (non-hydrogen) atoms. The van der Waals surface area contributed by atoms with Crippen LogP contribution in [0.15, 0.2) is 30.7 Å². The molecule has 0 spiro atoms. The Balaban J connectivity index is 1.79. The summed E-state index contributed by atoms with van der Waals surface area (Å²) in [5.41, 5.74) is 2.87. The van der Waals surface area contributed by atoms with E-state index in [0.717, 1.165) is 40.5 Å². The van der Waals surface area contributed by atoms with Gasteiger partial charge < -0.3 is 9.88 Å². The molecule has 1 amide bonds. The average molecular weight is 333 g/mol. The molecule has 1 aliphatic heterocycles. The highest BCUT2D eigenvalue weighted by Gasteiger charge is 2.32. The molecule has 1 N–H and O–H groups in total. The molecule has 1 saturated heterocycles. The standard InChI is InChI=1S/C19H19N5O/c1-12-5-8-24(17(25)4-6-20)11-15(12)14-9-22-19-18(14)13-3-2-7-21-16(13)10-23-19/h2-3,7,9-10,12,15,21H,4-5,8,11H2,1H3. The number of hydrogen-bond acceptors (Lipinski definition) is 4. The predicted molar refractivity (Wildman–Crippen MR) is 94.7 cm³/mol. The lowest BCUT2D eigenvalue weighted by atomic mass is 9.81. The van der Waals surface area contributed by atoms with Gasteiger partial charge in [-0.1, -0.05) is 13.0 Å². The number of fused-ring (bicyclic) bond motifs is 3. The highest BCUT2D eigenvalue weighted by Crippen LogP contribution is 2.38. The summed E-state index contributed by atoms with van der Waals surface area (Å²) in [5, 5.41) is 11.0. The maximum atomic E-state index is 12.2. The molecule has 0 aromatic carbocycles. The van der Waals surface area contributed by atoms with Gasteiger partial charge >= 0.3 is 0 Å². The fraction of sp³-hybridized carbons (Fsp3) is 0.368. The molecule has 2 unspecified atom stereocenters. The molecule has 6 nitrogen and oxygen atoms in total. The number of nitriles is 1. The van der Waals surface area contributed by atoms with Crippen molar-refractivity contribution in [1.29, 1.82) is 5.26 Å². The van der Waals surface area contributed by atoms with Crippen molar-refractivity contribution in [1.82, 2.24) is 19.9 Å². The van der Waals surface area contributed by atoms with E-state index in [1.807, 2.05) is 35.6 Å². The summed E-state index contributed by atoms with van der Waals surface area (Å²) in [5.74, 6) is 0.565. The summed E-state index contributed by atoms with van der Waals surface area (Å²) in [6.45, 7) is 3.58. The smallest absolute Gasteiger partial charge is 0.236 e. The van der Waals surface area contributed by atoms with Crippen molar-refractivity contribution in [3.63, 3.8) is 0 Å². The number of carbonyl (C=O) groups excluding carboxylic acids is 1. The average Bonchev–Trinajstić information content (AvgIpc) is 3.07. The van der Waals surface area contributed by atoms with Crippen LogP contribution in [0.1, 0.15) is 31.2 Å². The van der Waals surface area contributed by atoms with Crippen LogP contribution in [0.3, 0.4) is 0 Å². The van der Waals surface area contributed by atoms with E-state index in [4.69, 9.17) is 5.26 Å². The fourth-order valence-electron chi connectivity index (χ4n) is 3.82. The van der Waals surface area contributed by atoms with Crippen LogP contribution < -0.4 is 0 Å². The summed E-state index contributed by atoms with van der Waals surface area (Å²) < 4.78 is 0. The van der Waals surface area contributed by atoms with E-state index in [2.05, 4.69) is 27.9 Å². The Morgan fingerprint density at radius 2 is 2.28 bits per heavy atom. The molecule has 3 aromatic rings. The van der Waals surface area contributed by atoms with Crippen molar-refractivity contribution in [2.75, 3.05) is 13.1 Å². The largest absolute Gasteiger partial charge is 0.360 e. The first-order valence-electron chi connectivity index (χ1n) is 8.54. The van der Waals surface area contributed by atoms with Crippen molar-refractivity contribution in [3.05, 3.63) is 36.3 Å². The lowest BCUT2D eigenvalue weighted by molar-refractivity contribution is -0.131. The van der Waals surface area contributed by atoms with Crippen molar-refractivity contribution in [2.45, 2.75) is 25.7 Å². The van der Waals surface area contributed by atoms with Crippen LogP contribution in [-0.4, -0.2) is 38.8 Å². The Labute approximate surface area is 145 Å². The van der Waals surface area contributed by atoms with E-state index < -0.39 is 0 Å². The summed E-state index contributed by atoms with van der Waals surface area (Å²) >= 11 is 0. The third-order valence-corrected chi connectivity index (χ3v) is 5.25. The second-order valence-electron chi connectivity index (χ2n) is 6.71. The number of nitrogens with one attached hydrogen (secondary N) is 1. The van der Waals surface area contributed by atoms with Gasteiger partial charge in [0.15, 0.2) is 5.65 Å². The zero-order valence-electron chi connectivity index (χ0n) is 14.1. The van der Waals surface area contributed by atoms with Crippen molar-refractivity contribution in [2.24, 2.45) is 5.92 Å². The number of hydrogen-bond donors (Lipinski definition) is 1. The highest BCUT2D eigenvalue weighted by molar-refractivity contribution is 6.05. The molecular weight excluding hydrogens is 314 g/mol. The van der Waals surface area contributed by atoms with Crippen LogP contribution in [0.5, 0.6) is 0 Å². The predicted octanol–water partition coefficient (Wildman–Crippen LogP) is 2.98. The second-order valence-corrected chi connectivity index (χ2v) is 6.71. The molecule has 0 bridgehead atoms. The van der Waals surface area contributed by atoms with Crippen molar-refractivity contribution >= 4 is 27.8 Å². The van der Waals surface area contributed by atoms with Gasteiger partial charge in [-0.2, -0.15) is 5.26 Å².